The van der Waals surface area contributed by atoms with Crippen molar-refractivity contribution in [3.63, 3.8) is 0 Å². The van der Waals surface area contributed by atoms with Gasteiger partial charge in [-0.05, 0) is 36.4 Å². The molecule has 3 aromatic carbocycles. The number of hydrogen-bond acceptors (Lipinski definition) is 6. The lowest BCUT2D eigenvalue weighted by Crippen LogP contribution is -2.34. The molecule has 0 aliphatic heterocycles. The fourth-order valence-corrected chi connectivity index (χ4v) is 4.50. The monoisotopic (exact) mass is 470 g/mol. The Morgan fingerprint density at radius 3 is 2.53 bits per heavy atom. The third kappa shape index (κ3) is 4.80. The molecule has 34 heavy (non-hydrogen) atoms. The number of aromatic nitrogens is 2. The number of carbonyl (C=O) groups excluding carboxylic acids is 1. The second kappa shape index (κ2) is 10.7. The highest BCUT2D eigenvalue weighted by molar-refractivity contribution is 7.99. The molecule has 0 fully saturated rings. The standard InChI is InChI=1S/C26H22N4O3S/c1-33-23-15-8-7-14-22(23)29(17-9-16-27)24(31)18-34-26-28-21-13-6-5-12-20(21)25(32)30(26)19-10-3-2-4-11-19/h2-8,10-15H,9,17-18H2,1H3. The lowest BCUT2D eigenvalue weighted by Gasteiger charge is -2.23. The van der Waals surface area contributed by atoms with Crippen molar-refractivity contribution in [3.05, 3.63) is 89.2 Å². The maximum atomic E-state index is 13.3. The molecular weight excluding hydrogens is 448 g/mol. The Hall–Kier alpha value is -4.09. The SMILES string of the molecule is COc1ccccc1N(CCC#N)C(=O)CSc1nc2ccccc2c(=O)n1-c1ccccc1. The van der Waals surface area contributed by atoms with E-state index < -0.39 is 0 Å². The summed E-state index contributed by atoms with van der Waals surface area (Å²) in [6.45, 7) is 0.229. The predicted molar refractivity (Wildman–Crippen MR) is 134 cm³/mol. The third-order valence-corrected chi connectivity index (χ3v) is 6.13. The molecule has 4 rings (SSSR count). The van der Waals surface area contributed by atoms with Gasteiger partial charge in [0.2, 0.25) is 5.91 Å². The van der Waals surface area contributed by atoms with Crippen LogP contribution in [0.3, 0.4) is 0 Å². The van der Waals surface area contributed by atoms with Gasteiger partial charge in [0.15, 0.2) is 5.16 Å². The molecule has 7 nitrogen and oxygen atoms in total. The summed E-state index contributed by atoms with van der Waals surface area (Å²) in [5, 5.41) is 10.0. The van der Waals surface area contributed by atoms with Crippen LogP contribution in [0.4, 0.5) is 5.69 Å². The van der Waals surface area contributed by atoms with Gasteiger partial charge in [0.1, 0.15) is 5.75 Å². The molecule has 0 atom stereocenters. The van der Waals surface area contributed by atoms with Gasteiger partial charge in [0, 0.05) is 6.54 Å². The van der Waals surface area contributed by atoms with Crippen molar-refractivity contribution in [2.45, 2.75) is 11.6 Å². The normalized spacial score (nSPS) is 10.6. The molecule has 0 saturated carbocycles. The lowest BCUT2D eigenvalue weighted by molar-refractivity contribution is -0.116. The molecular formula is C26H22N4O3S. The molecule has 0 radical (unpaired) electrons. The molecule has 1 aromatic heterocycles. The maximum Gasteiger partial charge on any atom is 0.266 e. The molecule has 0 unspecified atom stereocenters. The Kier molecular flexibility index (Phi) is 7.25. The van der Waals surface area contributed by atoms with Gasteiger partial charge in [0.05, 0.1) is 47.6 Å². The van der Waals surface area contributed by atoms with Crippen molar-refractivity contribution >= 4 is 34.3 Å². The number of nitrogens with zero attached hydrogens (tertiary/aromatic N) is 4. The van der Waals surface area contributed by atoms with Gasteiger partial charge in [-0.2, -0.15) is 5.26 Å². The van der Waals surface area contributed by atoms with Crippen molar-refractivity contribution in [2.24, 2.45) is 0 Å². The quantitative estimate of drug-likeness (QED) is 0.280. The summed E-state index contributed by atoms with van der Waals surface area (Å²) in [6.07, 6.45) is 0.178. The van der Waals surface area contributed by atoms with Gasteiger partial charge in [-0.3, -0.25) is 14.2 Å². The lowest BCUT2D eigenvalue weighted by atomic mass is 10.2. The molecule has 4 aromatic rings. The second-order valence-electron chi connectivity index (χ2n) is 7.30. The largest absolute Gasteiger partial charge is 0.495 e. The second-order valence-corrected chi connectivity index (χ2v) is 8.24. The minimum Gasteiger partial charge on any atom is -0.495 e. The number of hydrogen-bond donors (Lipinski definition) is 0. The number of nitriles is 1. The van der Waals surface area contributed by atoms with Crippen molar-refractivity contribution in [2.75, 3.05) is 24.3 Å². The molecule has 0 N–H and O–H groups in total. The first-order valence-corrected chi connectivity index (χ1v) is 11.6. The topological polar surface area (TPSA) is 88.2 Å². The zero-order valence-corrected chi connectivity index (χ0v) is 19.4. The molecule has 8 heteroatoms. The average molecular weight is 471 g/mol. The molecule has 170 valence electrons. The number of amides is 1. The molecule has 1 amide bonds. The fraction of sp³-hybridized carbons (Fsp3) is 0.154. The summed E-state index contributed by atoms with van der Waals surface area (Å²) >= 11 is 1.19. The van der Waals surface area contributed by atoms with Crippen molar-refractivity contribution in [1.29, 1.82) is 5.26 Å². The van der Waals surface area contributed by atoms with Gasteiger partial charge in [-0.25, -0.2) is 4.98 Å². The van der Waals surface area contributed by atoms with E-state index >= 15 is 0 Å². The van der Waals surface area contributed by atoms with E-state index in [9.17, 15) is 9.59 Å². The first-order valence-electron chi connectivity index (χ1n) is 10.6. The molecule has 0 spiro atoms. The average Bonchev–Trinajstić information content (AvgIpc) is 2.88. The third-order valence-electron chi connectivity index (χ3n) is 5.21. The zero-order valence-electron chi connectivity index (χ0n) is 18.5. The van der Waals surface area contributed by atoms with E-state index in [0.29, 0.717) is 33.2 Å². The number of para-hydroxylation sites is 4. The molecule has 0 saturated heterocycles. The smallest absolute Gasteiger partial charge is 0.266 e. The summed E-state index contributed by atoms with van der Waals surface area (Å²) in [4.78, 5) is 32.9. The maximum absolute atomic E-state index is 13.3. The highest BCUT2D eigenvalue weighted by Crippen LogP contribution is 2.29. The van der Waals surface area contributed by atoms with E-state index in [-0.39, 0.29) is 30.2 Å². The summed E-state index contributed by atoms with van der Waals surface area (Å²) in [5.41, 5.74) is 1.64. The van der Waals surface area contributed by atoms with Crippen LogP contribution in [0.25, 0.3) is 16.6 Å². The number of fused-ring (bicyclic) bond motifs is 1. The summed E-state index contributed by atoms with van der Waals surface area (Å²) < 4.78 is 6.95. The van der Waals surface area contributed by atoms with Gasteiger partial charge >= 0.3 is 0 Å². The minimum atomic E-state index is -0.216. The highest BCUT2D eigenvalue weighted by atomic mass is 32.2. The van der Waals surface area contributed by atoms with Gasteiger partial charge in [-0.1, -0.05) is 54.2 Å². The minimum absolute atomic E-state index is 0.0289. The van der Waals surface area contributed by atoms with E-state index in [2.05, 4.69) is 6.07 Å². The van der Waals surface area contributed by atoms with E-state index in [4.69, 9.17) is 15.0 Å². The van der Waals surface area contributed by atoms with Gasteiger partial charge in [-0.15, -0.1) is 0 Å². The van der Waals surface area contributed by atoms with Crippen LogP contribution in [-0.4, -0.2) is 34.9 Å². The van der Waals surface area contributed by atoms with Crippen molar-refractivity contribution in [3.8, 4) is 17.5 Å². The number of thioether (sulfide) groups is 1. The number of rotatable bonds is 8. The number of benzene rings is 3. The summed E-state index contributed by atoms with van der Waals surface area (Å²) in [6, 6.07) is 25.7. The van der Waals surface area contributed by atoms with Crippen LogP contribution in [0.5, 0.6) is 5.75 Å². The first kappa shape index (κ1) is 23.1. The van der Waals surface area contributed by atoms with Crippen LogP contribution in [0.2, 0.25) is 0 Å². The van der Waals surface area contributed by atoms with Crippen molar-refractivity contribution in [1.82, 2.24) is 9.55 Å². The Morgan fingerprint density at radius 1 is 1.06 bits per heavy atom. The first-order chi connectivity index (χ1) is 16.6. The van der Waals surface area contributed by atoms with E-state index in [1.54, 1.807) is 35.2 Å². The van der Waals surface area contributed by atoms with E-state index in [1.807, 2.05) is 48.5 Å². The van der Waals surface area contributed by atoms with Crippen LogP contribution >= 0.6 is 11.8 Å². The van der Waals surface area contributed by atoms with Gasteiger partial charge < -0.3 is 9.64 Å². The molecule has 1 heterocycles. The Balaban J connectivity index is 1.70. The number of anilines is 1. The predicted octanol–water partition coefficient (Wildman–Crippen LogP) is 4.43. The van der Waals surface area contributed by atoms with Crippen LogP contribution in [0.15, 0.2) is 88.8 Å². The molecule has 0 bridgehead atoms. The fourth-order valence-electron chi connectivity index (χ4n) is 3.61. The van der Waals surface area contributed by atoms with E-state index in [1.165, 1.54) is 23.4 Å². The van der Waals surface area contributed by atoms with Gasteiger partial charge in [0.25, 0.3) is 5.56 Å². The Morgan fingerprint density at radius 2 is 1.76 bits per heavy atom. The summed E-state index contributed by atoms with van der Waals surface area (Å²) in [7, 11) is 1.54. The van der Waals surface area contributed by atoms with Crippen LogP contribution < -0.4 is 15.2 Å². The number of ether oxygens (including phenoxy) is 1. The zero-order chi connectivity index (χ0) is 23.9. The molecule has 0 aliphatic rings. The van der Waals surface area contributed by atoms with Crippen molar-refractivity contribution < 1.29 is 9.53 Å². The Labute approximate surface area is 201 Å². The van der Waals surface area contributed by atoms with E-state index in [0.717, 1.165) is 0 Å². The van der Waals surface area contributed by atoms with Crippen LogP contribution in [-0.2, 0) is 4.79 Å². The van der Waals surface area contributed by atoms with Crippen LogP contribution in [0.1, 0.15) is 6.42 Å². The highest BCUT2D eigenvalue weighted by Gasteiger charge is 2.21. The Bertz CT molecular complexity index is 1410. The summed E-state index contributed by atoms with van der Waals surface area (Å²) in [5.74, 6) is 0.358. The number of methoxy groups -OCH3 is 1. The number of carbonyl (C=O) groups is 1. The molecule has 0 aliphatic carbocycles. The van der Waals surface area contributed by atoms with Crippen LogP contribution in [0, 0.1) is 11.3 Å².